The van der Waals surface area contributed by atoms with E-state index in [2.05, 4.69) is 24.8 Å². The average Bonchev–Trinajstić information content (AvgIpc) is 2.50. The van der Waals surface area contributed by atoms with Gasteiger partial charge in [0, 0.05) is 5.57 Å². The van der Waals surface area contributed by atoms with Crippen LogP contribution in [0, 0.1) is 0 Å². The van der Waals surface area contributed by atoms with Gasteiger partial charge in [-0.25, -0.2) is 4.79 Å². The fourth-order valence-corrected chi connectivity index (χ4v) is 1.61. The van der Waals surface area contributed by atoms with Crippen molar-refractivity contribution in [2.75, 3.05) is 6.61 Å². The molecule has 3 nitrogen and oxygen atoms in total. The van der Waals surface area contributed by atoms with Gasteiger partial charge in [0.05, 0.1) is 5.60 Å². The van der Waals surface area contributed by atoms with E-state index in [1.807, 2.05) is 13.8 Å². The van der Waals surface area contributed by atoms with Crippen LogP contribution in [0.2, 0.25) is 0 Å². The molecule has 0 spiro atoms. The Kier molecular flexibility index (Phi) is 10.2. The van der Waals surface area contributed by atoms with Gasteiger partial charge in [0.2, 0.25) is 0 Å². The number of allylic oxidation sites excluding steroid dienone is 4. The summed E-state index contributed by atoms with van der Waals surface area (Å²) in [6.45, 7) is 11.2. The van der Waals surface area contributed by atoms with E-state index >= 15 is 0 Å². The van der Waals surface area contributed by atoms with Crippen LogP contribution in [0.5, 0.6) is 0 Å². The zero-order valence-corrected chi connectivity index (χ0v) is 14.4. The number of hydrogen-bond donors (Lipinski definition) is 1. The topological polar surface area (TPSA) is 46.5 Å². The van der Waals surface area contributed by atoms with E-state index in [4.69, 9.17) is 4.74 Å². The summed E-state index contributed by atoms with van der Waals surface area (Å²) in [5, 5.41) is 9.75. The number of aliphatic hydroxyl groups is 1. The second-order valence-electron chi connectivity index (χ2n) is 5.75. The van der Waals surface area contributed by atoms with Gasteiger partial charge in [0.1, 0.15) is 6.61 Å². The quantitative estimate of drug-likeness (QED) is 0.280. The monoisotopic (exact) mass is 306 g/mol. The van der Waals surface area contributed by atoms with Crippen molar-refractivity contribution >= 4 is 5.97 Å². The van der Waals surface area contributed by atoms with E-state index in [1.165, 1.54) is 0 Å². The average molecular weight is 306 g/mol. The van der Waals surface area contributed by atoms with Crippen LogP contribution in [-0.2, 0) is 9.53 Å². The molecular formula is C19H30O3. The first kappa shape index (κ1) is 20.4. The Balaban J connectivity index is 3.89. The molecule has 0 aliphatic rings. The molecular weight excluding hydrogens is 276 g/mol. The van der Waals surface area contributed by atoms with Crippen molar-refractivity contribution in [3.05, 3.63) is 48.1 Å². The van der Waals surface area contributed by atoms with Gasteiger partial charge in [-0.1, -0.05) is 30.4 Å². The van der Waals surface area contributed by atoms with Crippen LogP contribution in [0.15, 0.2) is 48.1 Å². The van der Waals surface area contributed by atoms with Crippen LogP contribution < -0.4 is 0 Å². The lowest BCUT2D eigenvalue weighted by atomic mass is 10.0. The fraction of sp³-hybridized carbons (Fsp3) is 0.526. The predicted octanol–water partition coefficient (Wildman–Crippen LogP) is 4.50. The van der Waals surface area contributed by atoms with E-state index in [0.29, 0.717) is 18.6 Å². The Morgan fingerprint density at radius 2 is 1.86 bits per heavy atom. The van der Waals surface area contributed by atoms with E-state index in [0.717, 1.165) is 24.8 Å². The minimum absolute atomic E-state index is 0.260. The fourth-order valence-electron chi connectivity index (χ4n) is 1.61. The Hall–Kier alpha value is -1.61. The Morgan fingerprint density at radius 1 is 1.23 bits per heavy atom. The lowest BCUT2D eigenvalue weighted by Crippen LogP contribution is -2.19. The second kappa shape index (κ2) is 11.0. The molecule has 0 rings (SSSR count). The molecule has 0 aromatic rings. The summed E-state index contributed by atoms with van der Waals surface area (Å²) in [6, 6.07) is 0. The van der Waals surface area contributed by atoms with Crippen LogP contribution in [0.4, 0.5) is 0 Å². The van der Waals surface area contributed by atoms with Crippen molar-refractivity contribution in [2.24, 2.45) is 0 Å². The van der Waals surface area contributed by atoms with E-state index in [1.54, 1.807) is 26.0 Å². The third kappa shape index (κ3) is 10.2. The third-order valence-corrected chi connectivity index (χ3v) is 3.44. The number of hydrogen-bond acceptors (Lipinski definition) is 3. The van der Waals surface area contributed by atoms with Crippen molar-refractivity contribution in [2.45, 2.75) is 59.0 Å². The lowest BCUT2D eigenvalue weighted by Gasteiger charge is -2.16. The molecule has 1 N–H and O–H groups in total. The van der Waals surface area contributed by atoms with Gasteiger partial charge < -0.3 is 9.84 Å². The summed E-state index contributed by atoms with van der Waals surface area (Å²) in [5.74, 6) is -0.260. The summed E-state index contributed by atoms with van der Waals surface area (Å²) in [7, 11) is 0. The van der Waals surface area contributed by atoms with E-state index in [-0.39, 0.29) is 5.97 Å². The number of unbranched alkanes of at least 4 members (excludes halogenated alkanes) is 1. The van der Waals surface area contributed by atoms with Gasteiger partial charge in [0.15, 0.2) is 0 Å². The molecule has 0 amide bonds. The normalized spacial score (nSPS) is 15.7. The minimum Gasteiger partial charge on any atom is -0.458 e. The zero-order valence-electron chi connectivity index (χ0n) is 14.4. The highest BCUT2D eigenvalue weighted by molar-refractivity contribution is 5.87. The molecule has 0 fully saturated rings. The van der Waals surface area contributed by atoms with Gasteiger partial charge >= 0.3 is 5.97 Å². The predicted molar refractivity (Wildman–Crippen MR) is 92.6 cm³/mol. The summed E-state index contributed by atoms with van der Waals surface area (Å²) in [6.07, 6.45) is 13.0. The van der Waals surface area contributed by atoms with Gasteiger partial charge in [-0.3, -0.25) is 0 Å². The Labute approximate surface area is 135 Å². The SMILES string of the molecule is C=C[C@@](C)(O)CC/C=C/CC/C=C(/C)COC(=O)/C(C)=C\C. The Morgan fingerprint density at radius 3 is 2.45 bits per heavy atom. The highest BCUT2D eigenvalue weighted by Gasteiger charge is 2.12. The molecule has 0 aromatic heterocycles. The van der Waals surface area contributed by atoms with Crippen LogP contribution >= 0.6 is 0 Å². The Bertz CT molecular complexity index is 440. The molecule has 0 heterocycles. The van der Waals surface area contributed by atoms with Gasteiger partial charge in [-0.05, 0) is 59.0 Å². The highest BCUT2D eigenvalue weighted by Crippen LogP contribution is 2.13. The molecule has 0 aromatic carbocycles. The number of carbonyl (C=O) groups excluding carboxylic acids is 1. The van der Waals surface area contributed by atoms with Crippen molar-refractivity contribution in [3.8, 4) is 0 Å². The molecule has 0 saturated heterocycles. The van der Waals surface area contributed by atoms with Gasteiger partial charge in [-0.15, -0.1) is 6.58 Å². The van der Waals surface area contributed by atoms with Gasteiger partial charge in [-0.2, -0.15) is 0 Å². The summed E-state index contributed by atoms with van der Waals surface area (Å²) < 4.78 is 5.17. The van der Waals surface area contributed by atoms with Crippen LogP contribution in [0.25, 0.3) is 0 Å². The van der Waals surface area contributed by atoms with E-state index < -0.39 is 5.60 Å². The van der Waals surface area contributed by atoms with Crippen LogP contribution in [0.3, 0.4) is 0 Å². The lowest BCUT2D eigenvalue weighted by molar-refractivity contribution is -0.138. The molecule has 0 aliphatic heterocycles. The first-order valence-electron chi connectivity index (χ1n) is 7.79. The van der Waals surface area contributed by atoms with Crippen molar-refractivity contribution in [1.82, 2.24) is 0 Å². The summed E-state index contributed by atoms with van der Waals surface area (Å²) in [4.78, 5) is 11.5. The smallest absolute Gasteiger partial charge is 0.333 e. The van der Waals surface area contributed by atoms with Crippen molar-refractivity contribution < 1.29 is 14.6 Å². The van der Waals surface area contributed by atoms with Crippen LogP contribution in [-0.4, -0.2) is 23.3 Å². The molecule has 0 radical (unpaired) electrons. The maximum atomic E-state index is 11.5. The third-order valence-electron chi connectivity index (χ3n) is 3.44. The molecule has 124 valence electrons. The molecule has 0 aliphatic carbocycles. The first-order chi connectivity index (χ1) is 10.3. The second-order valence-corrected chi connectivity index (χ2v) is 5.75. The number of carbonyl (C=O) groups is 1. The molecule has 0 bridgehead atoms. The highest BCUT2D eigenvalue weighted by atomic mass is 16.5. The number of ether oxygens (including phenoxy) is 1. The molecule has 3 heteroatoms. The van der Waals surface area contributed by atoms with E-state index in [9.17, 15) is 9.90 Å². The standard InChI is InChI=1S/C19H30O3/c1-6-17(4)18(20)22-15-16(3)13-11-9-8-10-12-14-19(5,21)7-2/h6-8,10,13,21H,2,9,11-12,14-15H2,1,3-5H3/b10-8+,16-13-,17-6-/t19-/m1/s1. The molecule has 1 atom stereocenters. The summed E-state index contributed by atoms with van der Waals surface area (Å²) >= 11 is 0. The molecule has 0 unspecified atom stereocenters. The molecule has 0 saturated carbocycles. The van der Waals surface area contributed by atoms with Crippen LogP contribution in [0.1, 0.15) is 53.4 Å². The maximum Gasteiger partial charge on any atom is 0.333 e. The van der Waals surface area contributed by atoms with Crippen molar-refractivity contribution in [3.63, 3.8) is 0 Å². The molecule has 22 heavy (non-hydrogen) atoms. The number of rotatable bonds is 10. The van der Waals surface area contributed by atoms with Crippen molar-refractivity contribution in [1.29, 1.82) is 0 Å². The zero-order chi connectivity index (χ0) is 17.0. The minimum atomic E-state index is -0.782. The number of esters is 1. The summed E-state index contributed by atoms with van der Waals surface area (Å²) in [5.41, 5.74) is 0.904. The maximum absolute atomic E-state index is 11.5. The first-order valence-corrected chi connectivity index (χ1v) is 7.79. The largest absolute Gasteiger partial charge is 0.458 e. The van der Waals surface area contributed by atoms with Gasteiger partial charge in [0.25, 0.3) is 0 Å².